The summed E-state index contributed by atoms with van der Waals surface area (Å²) in [4.78, 5) is 17.2. The standard InChI is InChI=1S/C24H33N3O4/c1-18-7-5-6-8-19(18)16-26-9-11-27(12-10-26)17-24(28)25-15-20-13-22(30-3)23(31-4)14-21(20)29-2/h5-8,13-14H,9-12,15-17H2,1-4H3,(H,25,28). The fourth-order valence-electron chi connectivity index (χ4n) is 3.82. The van der Waals surface area contributed by atoms with Gasteiger partial charge in [0.2, 0.25) is 5.91 Å². The van der Waals surface area contributed by atoms with Crippen LogP contribution in [-0.2, 0) is 17.9 Å². The van der Waals surface area contributed by atoms with E-state index in [0.29, 0.717) is 30.3 Å². The van der Waals surface area contributed by atoms with Gasteiger partial charge in [-0.1, -0.05) is 24.3 Å². The van der Waals surface area contributed by atoms with Gasteiger partial charge >= 0.3 is 0 Å². The third-order valence-electron chi connectivity index (χ3n) is 5.75. The summed E-state index contributed by atoms with van der Waals surface area (Å²) in [5.74, 6) is 1.86. The van der Waals surface area contributed by atoms with E-state index >= 15 is 0 Å². The molecule has 0 atom stereocenters. The third-order valence-corrected chi connectivity index (χ3v) is 5.75. The summed E-state index contributed by atoms with van der Waals surface area (Å²) >= 11 is 0. The van der Waals surface area contributed by atoms with E-state index in [1.807, 2.05) is 6.07 Å². The van der Waals surface area contributed by atoms with E-state index in [9.17, 15) is 4.79 Å². The number of rotatable bonds is 9. The minimum atomic E-state index is 0.00388. The Morgan fingerprint density at radius 1 is 0.871 bits per heavy atom. The Hall–Kier alpha value is -2.77. The van der Waals surface area contributed by atoms with Crippen LogP contribution in [-0.4, -0.2) is 69.8 Å². The zero-order valence-corrected chi connectivity index (χ0v) is 18.9. The lowest BCUT2D eigenvalue weighted by Gasteiger charge is -2.34. The van der Waals surface area contributed by atoms with Crippen molar-refractivity contribution >= 4 is 5.91 Å². The first kappa shape index (κ1) is 22.9. The smallest absolute Gasteiger partial charge is 0.234 e. The highest BCUT2D eigenvalue weighted by Crippen LogP contribution is 2.34. The molecule has 1 N–H and O–H groups in total. The van der Waals surface area contributed by atoms with Gasteiger partial charge in [0.05, 0.1) is 27.9 Å². The second-order valence-corrected chi connectivity index (χ2v) is 7.77. The molecule has 3 rings (SSSR count). The molecule has 168 valence electrons. The van der Waals surface area contributed by atoms with Crippen molar-refractivity contribution in [3.8, 4) is 17.2 Å². The summed E-state index contributed by atoms with van der Waals surface area (Å²) < 4.78 is 16.1. The number of carbonyl (C=O) groups is 1. The number of nitrogens with zero attached hydrogens (tertiary/aromatic N) is 2. The van der Waals surface area contributed by atoms with E-state index < -0.39 is 0 Å². The van der Waals surface area contributed by atoms with Gasteiger partial charge in [-0.15, -0.1) is 0 Å². The Balaban J connectivity index is 1.47. The predicted octanol–water partition coefficient (Wildman–Crippen LogP) is 2.45. The van der Waals surface area contributed by atoms with Crippen molar-refractivity contribution in [1.82, 2.24) is 15.1 Å². The molecule has 1 amide bonds. The first-order chi connectivity index (χ1) is 15.0. The second kappa shape index (κ2) is 11.0. The van der Waals surface area contributed by atoms with Crippen LogP contribution in [0.15, 0.2) is 36.4 Å². The fourth-order valence-corrected chi connectivity index (χ4v) is 3.82. The average Bonchev–Trinajstić information content (AvgIpc) is 2.79. The molecule has 1 fully saturated rings. The Labute approximate surface area is 184 Å². The van der Waals surface area contributed by atoms with Gasteiger partial charge in [-0.25, -0.2) is 0 Å². The molecule has 2 aromatic carbocycles. The Kier molecular flexibility index (Phi) is 8.14. The van der Waals surface area contributed by atoms with Gasteiger partial charge in [-0.2, -0.15) is 0 Å². The molecule has 0 spiro atoms. The molecule has 2 aromatic rings. The summed E-state index contributed by atoms with van der Waals surface area (Å²) in [5, 5.41) is 3.00. The number of hydrogen-bond acceptors (Lipinski definition) is 6. The lowest BCUT2D eigenvalue weighted by Crippen LogP contribution is -2.49. The van der Waals surface area contributed by atoms with Gasteiger partial charge in [-0.05, 0) is 24.1 Å². The Morgan fingerprint density at radius 3 is 2.13 bits per heavy atom. The normalized spacial score (nSPS) is 14.8. The van der Waals surface area contributed by atoms with Crippen LogP contribution in [0.3, 0.4) is 0 Å². The number of ether oxygens (including phenoxy) is 3. The molecule has 1 saturated heterocycles. The van der Waals surface area contributed by atoms with E-state index in [0.717, 1.165) is 38.3 Å². The number of aryl methyl sites for hydroxylation is 1. The summed E-state index contributed by atoms with van der Waals surface area (Å²) in [6.45, 7) is 7.59. The number of nitrogens with one attached hydrogen (secondary N) is 1. The molecule has 0 radical (unpaired) electrons. The number of piperazine rings is 1. The van der Waals surface area contributed by atoms with Crippen LogP contribution in [0.2, 0.25) is 0 Å². The van der Waals surface area contributed by atoms with Crippen LogP contribution >= 0.6 is 0 Å². The molecule has 0 aliphatic carbocycles. The molecule has 7 nitrogen and oxygen atoms in total. The van der Waals surface area contributed by atoms with Crippen LogP contribution in [0.1, 0.15) is 16.7 Å². The van der Waals surface area contributed by atoms with Gasteiger partial charge < -0.3 is 19.5 Å². The molecular formula is C24H33N3O4. The summed E-state index contributed by atoms with van der Waals surface area (Å²) in [6, 6.07) is 12.1. The van der Waals surface area contributed by atoms with Crippen molar-refractivity contribution in [2.45, 2.75) is 20.0 Å². The second-order valence-electron chi connectivity index (χ2n) is 7.77. The number of amides is 1. The number of methoxy groups -OCH3 is 3. The van der Waals surface area contributed by atoms with Crippen molar-refractivity contribution in [3.05, 3.63) is 53.1 Å². The van der Waals surface area contributed by atoms with E-state index in [-0.39, 0.29) is 5.91 Å². The number of benzene rings is 2. The molecule has 1 aliphatic rings. The minimum Gasteiger partial charge on any atom is -0.496 e. The number of carbonyl (C=O) groups excluding carboxylic acids is 1. The van der Waals surface area contributed by atoms with Crippen molar-refractivity contribution in [3.63, 3.8) is 0 Å². The number of hydrogen-bond donors (Lipinski definition) is 1. The molecule has 7 heteroatoms. The van der Waals surface area contributed by atoms with Crippen molar-refractivity contribution in [2.75, 3.05) is 54.1 Å². The molecule has 31 heavy (non-hydrogen) atoms. The zero-order chi connectivity index (χ0) is 22.2. The Bertz CT molecular complexity index is 879. The average molecular weight is 428 g/mol. The zero-order valence-electron chi connectivity index (χ0n) is 18.9. The van der Waals surface area contributed by atoms with Crippen LogP contribution in [0.5, 0.6) is 17.2 Å². The largest absolute Gasteiger partial charge is 0.496 e. The minimum absolute atomic E-state index is 0.00388. The van der Waals surface area contributed by atoms with Crippen molar-refractivity contribution in [1.29, 1.82) is 0 Å². The highest BCUT2D eigenvalue weighted by atomic mass is 16.5. The Morgan fingerprint density at radius 2 is 1.48 bits per heavy atom. The van der Waals surface area contributed by atoms with E-state index in [2.05, 4.69) is 46.3 Å². The third kappa shape index (κ3) is 6.12. The maximum atomic E-state index is 12.5. The molecule has 0 bridgehead atoms. The fraction of sp³-hybridized carbons (Fsp3) is 0.458. The lowest BCUT2D eigenvalue weighted by atomic mass is 10.1. The van der Waals surface area contributed by atoms with E-state index in [4.69, 9.17) is 14.2 Å². The van der Waals surface area contributed by atoms with Crippen LogP contribution in [0.4, 0.5) is 0 Å². The highest BCUT2D eigenvalue weighted by Gasteiger charge is 2.20. The summed E-state index contributed by atoms with van der Waals surface area (Å²) in [5.41, 5.74) is 3.55. The molecule has 0 aromatic heterocycles. The molecular weight excluding hydrogens is 394 g/mol. The van der Waals surface area contributed by atoms with Crippen molar-refractivity contribution in [2.24, 2.45) is 0 Å². The first-order valence-corrected chi connectivity index (χ1v) is 10.6. The van der Waals surface area contributed by atoms with E-state index in [1.165, 1.54) is 11.1 Å². The molecule has 1 aliphatic heterocycles. The monoisotopic (exact) mass is 427 g/mol. The SMILES string of the molecule is COc1cc(OC)c(OC)cc1CNC(=O)CN1CCN(Cc2ccccc2C)CC1. The van der Waals surface area contributed by atoms with Gasteiger partial charge in [-0.3, -0.25) is 14.6 Å². The predicted molar refractivity (Wildman–Crippen MR) is 121 cm³/mol. The topological polar surface area (TPSA) is 63.3 Å². The van der Waals surface area contributed by atoms with Crippen LogP contribution < -0.4 is 19.5 Å². The maximum Gasteiger partial charge on any atom is 0.234 e. The van der Waals surface area contributed by atoms with Crippen LogP contribution in [0, 0.1) is 6.92 Å². The van der Waals surface area contributed by atoms with Crippen LogP contribution in [0.25, 0.3) is 0 Å². The molecule has 0 unspecified atom stereocenters. The quantitative estimate of drug-likeness (QED) is 0.663. The highest BCUT2D eigenvalue weighted by molar-refractivity contribution is 5.78. The molecule has 0 saturated carbocycles. The summed E-state index contributed by atoms with van der Waals surface area (Å²) in [7, 11) is 4.77. The van der Waals surface area contributed by atoms with Gasteiger partial charge in [0, 0.05) is 50.9 Å². The lowest BCUT2D eigenvalue weighted by molar-refractivity contribution is -0.122. The van der Waals surface area contributed by atoms with Crippen molar-refractivity contribution < 1.29 is 19.0 Å². The van der Waals surface area contributed by atoms with Gasteiger partial charge in [0.15, 0.2) is 11.5 Å². The van der Waals surface area contributed by atoms with Gasteiger partial charge in [0.1, 0.15) is 5.75 Å². The first-order valence-electron chi connectivity index (χ1n) is 10.6. The van der Waals surface area contributed by atoms with E-state index in [1.54, 1.807) is 27.4 Å². The molecule has 1 heterocycles. The summed E-state index contributed by atoms with van der Waals surface area (Å²) in [6.07, 6.45) is 0. The maximum absolute atomic E-state index is 12.5. The van der Waals surface area contributed by atoms with Gasteiger partial charge in [0.25, 0.3) is 0 Å².